The van der Waals surface area contributed by atoms with Crippen LogP contribution in [0.3, 0.4) is 0 Å². The van der Waals surface area contributed by atoms with E-state index in [1.54, 1.807) is 24.1 Å². The highest BCUT2D eigenvalue weighted by molar-refractivity contribution is 9.10. The number of methoxy groups -OCH3 is 1. The van der Waals surface area contributed by atoms with Gasteiger partial charge in [-0.25, -0.2) is 0 Å². The van der Waals surface area contributed by atoms with E-state index in [9.17, 15) is 9.59 Å². The molecule has 0 spiro atoms. The maximum atomic E-state index is 13.0. The fraction of sp³-hybridized carbons (Fsp3) is 0.222. The van der Waals surface area contributed by atoms with Crippen LogP contribution in [-0.4, -0.2) is 25.5 Å². The molecule has 24 heavy (non-hydrogen) atoms. The van der Waals surface area contributed by atoms with Gasteiger partial charge in [-0.3, -0.25) is 9.59 Å². The molecule has 1 heterocycles. The van der Waals surface area contributed by atoms with Gasteiger partial charge >= 0.3 is 0 Å². The molecule has 0 saturated carbocycles. The van der Waals surface area contributed by atoms with Gasteiger partial charge in [0.2, 0.25) is 5.91 Å². The van der Waals surface area contributed by atoms with Crippen molar-refractivity contribution in [1.29, 1.82) is 0 Å². The lowest BCUT2D eigenvalue weighted by molar-refractivity contribution is -0.114. The van der Waals surface area contributed by atoms with Crippen molar-refractivity contribution < 1.29 is 14.3 Å². The molecule has 0 aliphatic carbocycles. The summed E-state index contributed by atoms with van der Waals surface area (Å²) in [7, 11) is 1.55. The molecule has 124 valence electrons. The second-order valence-corrected chi connectivity index (χ2v) is 6.47. The third-order valence-electron chi connectivity index (χ3n) is 3.92. The second kappa shape index (κ2) is 6.65. The summed E-state index contributed by atoms with van der Waals surface area (Å²) in [5.74, 6) is 0.223. The van der Waals surface area contributed by atoms with Crippen LogP contribution in [-0.2, 0) is 11.2 Å². The average molecular weight is 389 g/mol. The molecule has 0 atom stereocenters. The zero-order valence-corrected chi connectivity index (χ0v) is 15.0. The molecule has 0 unspecified atom stereocenters. The summed E-state index contributed by atoms with van der Waals surface area (Å²) in [5.41, 5.74) is 2.91. The van der Waals surface area contributed by atoms with E-state index in [2.05, 4.69) is 21.2 Å². The van der Waals surface area contributed by atoms with Crippen LogP contribution in [0.4, 0.5) is 11.4 Å². The molecule has 1 aliphatic heterocycles. The molecule has 1 N–H and O–H groups in total. The van der Waals surface area contributed by atoms with Gasteiger partial charge in [0.25, 0.3) is 5.91 Å². The van der Waals surface area contributed by atoms with Gasteiger partial charge in [-0.2, -0.15) is 0 Å². The lowest BCUT2D eigenvalue weighted by atomic mass is 10.1. The van der Waals surface area contributed by atoms with Gasteiger partial charge in [0.1, 0.15) is 5.75 Å². The molecule has 0 saturated heterocycles. The number of halogens is 1. The third-order valence-corrected chi connectivity index (χ3v) is 4.38. The Morgan fingerprint density at radius 3 is 2.71 bits per heavy atom. The number of benzene rings is 2. The topological polar surface area (TPSA) is 58.6 Å². The Morgan fingerprint density at radius 1 is 1.25 bits per heavy atom. The van der Waals surface area contributed by atoms with E-state index in [1.807, 2.05) is 24.3 Å². The number of hydrogen-bond donors (Lipinski definition) is 1. The number of amides is 2. The molecule has 6 heteroatoms. The van der Waals surface area contributed by atoms with Crippen LogP contribution in [0.15, 0.2) is 40.9 Å². The van der Waals surface area contributed by atoms with Gasteiger partial charge < -0.3 is 15.0 Å². The Kier molecular flexibility index (Phi) is 4.57. The molecule has 0 fully saturated rings. The SMILES string of the molecule is COc1ccccc1C(=O)N1CCc2cc(Br)cc(NC(C)=O)c21. The number of ether oxygens (including phenoxy) is 1. The van der Waals surface area contributed by atoms with Crippen molar-refractivity contribution in [1.82, 2.24) is 0 Å². The van der Waals surface area contributed by atoms with Crippen molar-refractivity contribution in [2.45, 2.75) is 13.3 Å². The van der Waals surface area contributed by atoms with Gasteiger partial charge in [-0.1, -0.05) is 28.1 Å². The highest BCUT2D eigenvalue weighted by Crippen LogP contribution is 2.39. The Balaban J connectivity index is 2.05. The third kappa shape index (κ3) is 3.01. The van der Waals surface area contributed by atoms with E-state index < -0.39 is 0 Å². The predicted molar refractivity (Wildman–Crippen MR) is 96.8 cm³/mol. The minimum Gasteiger partial charge on any atom is -0.496 e. The maximum Gasteiger partial charge on any atom is 0.262 e. The van der Waals surface area contributed by atoms with Crippen molar-refractivity contribution in [2.75, 3.05) is 23.9 Å². The molecular formula is C18H17BrN2O3. The fourth-order valence-electron chi connectivity index (χ4n) is 2.96. The molecule has 0 bridgehead atoms. The normalized spacial score (nSPS) is 12.7. The number of nitrogens with zero attached hydrogens (tertiary/aromatic N) is 1. The van der Waals surface area contributed by atoms with E-state index in [1.165, 1.54) is 6.92 Å². The van der Waals surface area contributed by atoms with Gasteiger partial charge in [0.05, 0.1) is 24.0 Å². The standard InChI is InChI=1S/C18H17BrN2O3/c1-11(22)20-15-10-13(19)9-12-7-8-21(17(12)15)18(23)14-5-3-4-6-16(14)24-2/h3-6,9-10H,7-8H2,1-2H3,(H,20,22). The maximum absolute atomic E-state index is 13.0. The van der Waals surface area contributed by atoms with Crippen LogP contribution < -0.4 is 15.0 Å². The van der Waals surface area contributed by atoms with E-state index in [0.29, 0.717) is 23.5 Å². The van der Waals surface area contributed by atoms with Crippen LogP contribution in [0.1, 0.15) is 22.8 Å². The number of fused-ring (bicyclic) bond motifs is 1. The number of rotatable bonds is 3. The molecule has 2 aromatic carbocycles. The molecular weight excluding hydrogens is 372 g/mol. The Hall–Kier alpha value is -2.34. The van der Waals surface area contributed by atoms with E-state index in [0.717, 1.165) is 22.1 Å². The van der Waals surface area contributed by atoms with Crippen molar-refractivity contribution in [3.05, 3.63) is 52.0 Å². The Bertz CT molecular complexity index is 820. The smallest absolute Gasteiger partial charge is 0.262 e. The van der Waals surface area contributed by atoms with E-state index in [-0.39, 0.29) is 11.8 Å². The Morgan fingerprint density at radius 2 is 2.00 bits per heavy atom. The number of anilines is 2. The molecule has 5 nitrogen and oxygen atoms in total. The van der Waals surface area contributed by atoms with Crippen LogP contribution in [0, 0.1) is 0 Å². The van der Waals surface area contributed by atoms with Crippen LogP contribution in [0.5, 0.6) is 5.75 Å². The number of carbonyl (C=O) groups excluding carboxylic acids is 2. The van der Waals surface area contributed by atoms with Crippen LogP contribution in [0.25, 0.3) is 0 Å². The summed E-state index contributed by atoms with van der Waals surface area (Å²) in [6.07, 6.45) is 0.738. The highest BCUT2D eigenvalue weighted by Gasteiger charge is 2.30. The first-order chi connectivity index (χ1) is 11.5. The summed E-state index contributed by atoms with van der Waals surface area (Å²) in [6.45, 7) is 2.02. The minimum absolute atomic E-state index is 0.139. The molecule has 1 aliphatic rings. The molecule has 3 rings (SSSR count). The molecule has 0 radical (unpaired) electrons. The van der Waals surface area contributed by atoms with E-state index in [4.69, 9.17) is 4.74 Å². The van der Waals surface area contributed by atoms with Gasteiger partial charge in [-0.05, 0) is 36.2 Å². The quantitative estimate of drug-likeness (QED) is 0.873. The van der Waals surface area contributed by atoms with Crippen molar-refractivity contribution >= 4 is 39.1 Å². The van der Waals surface area contributed by atoms with Crippen LogP contribution in [0.2, 0.25) is 0 Å². The highest BCUT2D eigenvalue weighted by atomic mass is 79.9. The summed E-state index contributed by atoms with van der Waals surface area (Å²) in [6, 6.07) is 10.9. The van der Waals surface area contributed by atoms with Crippen molar-refractivity contribution in [3.8, 4) is 5.75 Å². The van der Waals surface area contributed by atoms with E-state index >= 15 is 0 Å². The summed E-state index contributed by atoms with van der Waals surface area (Å²) < 4.78 is 6.18. The molecule has 0 aromatic heterocycles. The zero-order chi connectivity index (χ0) is 17.3. The van der Waals surface area contributed by atoms with Crippen molar-refractivity contribution in [3.63, 3.8) is 0 Å². The number of hydrogen-bond acceptors (Lipinski definition) is 3. The fourth-order valence-corrected chi connectivity index (χ4v) is 3.47. The minimum atomic E-state index is -0.174. The van der Waals surface area contributed by atoms with Gasteiger partial charge in [0, 0.05) is 17.9 Å². The number of carbonyl (C=O) groups is 2. The number of para-hydroxylation sites is 1. The largest absolute Gasteiger partial charge is 0.496 e. The van der Waals surface area contributed by atoms with Crippen LogP contribution >= 0.6 is 15.9 Å². The lowest BCUT2D eigenvalue weighted by Crippen LogP contribution is -2.30. The molecule has 2 aromatic rings. The summed E-state index contributed by atoms with van der Waals surface area (Å²) in [5, 5.41) is 2.82. The predicted octanol–water partition coefficient (Wildman–Crippen LogP) is 3.62. The first kappa shape index (κ1) is 16.5. The molecule has 2 amide bonds. The van der Waals surface area contributed by atoms with Gasteiger partial charge in [-0.15, -0.1) is 0 Å². The average Bonchev–Trinajstić information content (AvgIpc) is 2.97. The number of nitrogens with one attached hydrogen (secondary N) is 1. The first-order valence-electron chi connectivity index (χ1n) is 7.56. The second-order valence-electron chi connectivity index (χ2n) is 5.55. The zero-order valence-electron chi connectivity index (χ0n) is 13.4. The summed E-state index contributed by atoms with van der Waals surface area (Å²) in [4.78, 5) is 26.3. The van der Waals surface area contributed by atoms with Crippen molar-refractivity contribution in [2.24, 2.45) is 0 Å². The first-order valence-corrected chi connectivity index (χ1v) is 8.35. The van der Waals surface area contributed by atoms with Gasteiger partial charge in [0.15, 0.2) is 0 Å². The monoisotopic (exact) mass is 388 g/mol. The summed E-state index contributed by atoms with van der Waals surface area (Å²) >= 11 is 3.46. The lowest BCUT2D eigenvalue weighted by Gasteiger charge is -2.21. The Labute approximate surface area is 148 Å².